The van der Waals surface area contributed by atoms with E-state index in [0.29, 0.717) is 18.0 Å². The molecule has 0 saturated heterocycles. The molecule has 0 unspecified atom stereocenters. The van der Waals surface area contributed by atoms with Crippen molar-refractivity contribution < 1.29 is 4.79 Å². The molecule has 0 spiro atoms. The van der Waals surface area contributed by atoms with Gasteiger partial charge in [0.15, 0.2) is 0 Å². The van der Waals surface area contributed by atoms with Crippen molar-refractivity contribution in [2.24, 2.45) is 0 Å². The Kier molecular flexibility index (Phi) is 4.84. The number of rotatable bonds is 5. The van der Waals surface area contributed by atoms with Crippen LogP contribution in [0.15, 0.2) is 30.8 Å². The predicted molar refractivity (Wildman–Crippen MR) is 77.1 cm³/mol. The number of hydrogen-bond acceptors (Lipinski definition) is 3. The van der Waals surface area contributed by atoms with E-state index >= 15 is 0 Å². The molecule has 0 atom stereocenters. The average molecular weight is 264 g/mol. The lowest BCUT2D eigenvalue weighted by molar-refractivity contribution is 0.0793. The highest BCUT2D eigenvalue weighted by atomic mass is 32.1. The first-order valence-corrected chi connectivity index (χ1v) is 6.74. The normalized spacial score (nSPS) is 11.1. The number of hydrogen-bond donors (Lipinski definition) is 0. The molecular formula is C14H20N2OS. The molecule has 1 amide bonds. The van der Waals surface area contributed by atoms with Gasteiger partial charge in [0.25, 0.3) is 5.91 Å². The SMILES string of the molecule is C=CCN(CC=C)C(=O)c1scnc1C(C)(C)C. The van der Waals surface area contributed by atoms with Crippen LogP contribution in [0.5, 0.6) is 0 Å². The monoisotopic (exact) mass is 264 g/mol. The molecule has 0 aliphatic carbocycles. The Morgan fingerprint density at radius 3 is 2.39 bits per heavy atom. The van der Waals surface area contributed by atoms with Gasteiger partial charge in [-0.1, -0.05) is 32.9 Å². The molecule has 0 N–H and O–H groups in total. The summed E-state index contributed by atoms with van der Waals surface area (Å²) in [5.74, 6) is 0.00206. The van der Waals surface area contributed by atoms with E-state index in [0.717, 1.165) is 5.69 Å². The van der Waals surface area contributed by atoms with Crippen molar-refractivity contribution in [1.82, 2.24) is 9.88 Å². The molecule has 0 aliphatic rings. The van der Waals surface area contributed by atoms with Gasteiger partial charge in [-0.2, -0.15) is 0 Å². The lowest BCUT2D eigenvalue weighted by Gasteiger charge is -2.22. The zero-order valence-electron chi connectivity index (χ0n) is 11.3. The standard InChI is InChI=1S/C14H20N2OS/c1-6-8-16(9-7-2)13(17)11-12(14(3,4)5)15-10-18-11/h6-7,10H,1-2,8-9H2,3-5H3. The lowest BCUT2D eigenvalue weighted by Crippen LogP contribution is -2.32. The molecule has 0 saturated carbocycles. The Labute approximate surface area is 113 Å². The third kappa shape index (κ3) is 3.29. The first-order chi connectivity index (χ1) is 8.41. The molecule has 0 aromatic carbocycles. The predicted octanol–water partition coefficient (Wildman–Crippen LogP) is 3.25. The summed E-state index contributed by atoms with van der Waals surface area (Å²) in [6.07, 6.45) is 3.44. The van der Waals surface area contributed by atoms with Crippen molar-refractivity contribution in [3.8, 4) is 0 Å². The van der Waals surface area contributed by atoms with Gasteiger partial charge in [0.1, 0.15) is 4.88 Å². The number of thiazole rings is 1. The molecule has 18 heavy (non-hydrogen) atoms. The summed E-state index contributed by atoms with van der Waals surface area (Å²) in [6.45, 7) is 14.6. The lowest BCUT2D eigenvalue weighted by atomic mass is 9.91. The minimum absolute atomic E-state index is 0.00206. The molecular weight excluding hydrogens is 244 g/mol. The molecule has 98 valence electrons. The maximum absolute atomic E-state index is 12.5. The van der Waals surface area contributed by atoms with Gasteiger partial charge in [-0.15, -0.1) is 24.5 Å². The van der Waals surface area contributed by atoms with Crippen LogP contribution < -0.4 is 0 Å². The average Bonchev–Trinajstić information content (AvgIpc) is 2.76. The number of aromatic nitrogens is 1. The zero-order chi connectivity index (χ0) is 13.8. The zero-order valence-corrected chi connectivity index (χ0v) is 12.1. The van der Waals surface area contributed by atoms with Crippen LogP contribution in [0.4, 0.5) is 0 Å². The van der Waals surface area contributed by atoms with Crippen LogP contribution in [0.3, 0.4) is 0 Å². The minimum atomic E-state index is -0.126. The Bertz CT molecular complexity index is 433. The maximum Gasteiger partial charge on any atom is 0.266 e. The van der Waals surface area contributed by atoms with E-state index in [2.05, 4.69) is 38.9 Å². The second-order valence-corrected chi connectivity index (χ2v) is 5.92. The van der Waals surface area contributed by atoms with Crippen LogP contribution in [0.1, 0.15) is 36.1 Å². The Morgan fingerprint density at radius 1 is 1.39 bits per heavy atom. The second kappa shape index (κ2) is 5.96. The van der Waals surface area contributed by atoms with Gasteiger partial charge in [0.2, 0.25) is 0 Å². The van der Waals surface area contributed by atoms with Gasteiger partial charge in [-0.25, -0.2) is 4.98 Å². The van der Waals surface area contributed by atoms with Crippen LogP contribution in [0.2, 0.25) is 0 Å². The van der Waals surface area contributed by atoms with Crippen LogP contribution in [-0.4, -0.2) is 28.9 Å². The van der Waals surface area contributed by atoms with E-state index in [1.807, 2.05) is 0 Å². The summed E-state index contributed by atoms with van der Waals surface area (Å²) in [5.41, 5.74) is 2.46. The molecule has 0 radical (unpaired) electrons. The van der Waals surface area contributed by atoms with Gasteiger partial charge in [0, 0.05) is 18.5 Å². The highest BCUT2D eigenvalue weighted by Gasteiger charge is 2.27. The summed E-state index contributed by atoms with van der Waals surface area (Å²) in [5, 5.41) is 0. The Balaban J connectivity index is 3.05. The fourth-order valence-corrected chi connectivity index (χ4v) is 2.59. The van der Waals surface area contributed by atoms with Gasteiger partial charge in [0.05, 0.1) is 11.2 Å². The summed E-state index contributed by atoms with van der Waals surface area (Å²) in [7, 11) is 0. The van der Waals surface area contributed by atoms with E-state index in [1.165, 1.54) is 11.3 Å². The van der Waals surface area contributed by atoms with Crippen molar-refractivity contribution in [3.63, 3.8) is 0 Å². The van der Waals surface area contributed by atoms with Crippen molar-refractivity contribution in [2.45, 2.75) is 26.2 Å². The van der Waals surface area contributed by atoms with E-state index in [4.69, 9.17) is 0 Å². The molecule has 0 bridgehead atoms. The molecule has 1 aromatic rings. The topological polar surface area (TPSA) is 33.2 Å². The molecule has 1 heterocycles. The van der Waals surface area contributed by atoms with Crippen molar-refractivity contribution in [3.05, 3.63) is 41.4 Å². The fourth-order valence-electron chi connectivity index (χ4n) is 1.63. The van der Waals surface area contributed by atoms with Crippen LogP contribution >= 0.6 is 11.3 Å². The van der Waals surface area contributed by atoms with Crippen LogP contribution in [0, 0.1) is 0 Å². The first-order valence-electron chi connectivity index (χ1n) is 5.86. The molecule has 1 rings (SSSR count). The van der Waals surface area contributed by atoms with Crippen molar-refractivity contribution >= 4 is 17.2 Å². The highest BCUT2D eigenvalue weighted by molar-refractivity contribution is 7.11. The molecule has 4 heteroatoms. The van der Waals surface area contributed by atoms with E-state index in [9.17, 15) is 4.79 Å². The Hall–Kier alpha value is -1.42. The van der Waals surface area contributed by atoms with E-state index in [1.54, 1.807) is 22.6 Å². The van der Waals surface area contributed by atoms with Gasteiger partial charge in [-0.3, -0.25) is 4.79 Å². The number of carbonyl (C=O) groups is 1. The summed E-state index contributed by atoms with van der Waals surface area (Å²) in [4.78, 5) is 19.2. The highest BCUT2D eigenvalue weighted by Crippen LogP contribution is 2.28. The van der Waals surface area contributed by atoms with Crippen LogP contribution in [0.25, 0.3) is 0 Å². The molecule has 3 nitrogen and oxygen atoms in total. The Morgan fingerprint density at radius 2 is 1.94 bits per heavy atom. The second-order valence-electron chi connectivity index (χ2n) is 5.07. The third-order valence-electron chi connectivity index (χ3n) is 2.46. The van der Waals surface area contributed by atoms with E-state index < -0.39 is 0 Å². The van der Waals surface area contributed by atoms with Crippen molar-refractivity contribution in [2.75, 3.05) is 13.1 Å². The summed E-state index contributed by atoms with van der Waals surface area (Å²) >= 11 is 1.39. The minimum Gasteiger partial charge on any atom is -0.330 e. The fraction of sp³-hybridized carbons (Fsp3) is 0.429. The van der Waals surface area contributed by atoms with Gasteiger partial charge in [-0.05, 0) is 0 Å². The molecule has 0 fully saturated rings. The molecule has 0 aliphatic heterocycles. The summed E-state index contributed by atoms with van der Waals surface area (Å²) < 4.78 is 0. The smallest absolute Gasteiger partial charge is 0.266 e. The van der Waals surface area contributed by atoms with Gasteiger partial charge >= 0.3 is 0 Å². The maximum atomic E-state index is 12.5. The molecule has 1 aromatic heterocycles. The summed E-state index contributed by atoms with van der Waals surface area (Å²) in [6, 6.07) is 0. The quantitative estimate of drug-likeness (QED) is 0.765. The number of carbonyl (C=O) groups excluding carboxylic acids is 1. The van der Waals surface area contributed by atoms with Crippen LogP contribution in [-0.2, 0) is 5.41 Å². The largest absolute Gasteiger partial charge is 0.330 e. The van der Waals surface area contributed by atoms with Crippen molar-refractivity contribution in [1.29, 1.82) is 0 Å². The third-order valence-corrected chi connectivity index (χ3v) is 3.27. The number of amides is 1. The van der Waals surface area contributed by atoms with Gasteiger partial charge < -0.3 is 4.90 Å². The number of nitrogens with zero attached hydrogens (tertiary/aromatic N) is 2. The first kappa shape index (κ1) is 14.6. The van der Waals surface area contributed by atoms with E-state index in [-0.39, 0.29) is 11.3 Å².